The number of amides is 2. The Morgan fingerprint density at radius 2 is 1.81 bits per heavy atom. The summed E-state index contributed by atoms with van der Waals surface area (Å²) in [5, 5.41) is 2.77. The molecule has 4 nitrogen and oxygen atoms in total. The molecule has 116 valence electrons. The van der Waals surface area contributed by atoms with Gasteiger partial charge in [0.2, 0.25) is 11.8 Å². The molecule has 0 aliphatic rings. The third-order valence-electron chi connectivity index (χ3n) is 3.44. The zero-order chi connectivity index (χ0) is 16.2. The number of hydrogen-bond acceptors (Lipinski definition) is 2. The number of nitrogens with zero attached hydrogens (tertiary/aromatic N) is 1. The highest BCUT2D eigenvalue weighted by Gasteiger charge is 2.26. The predicted octanol–water partition coefficient (Wildman–Crippen LogP) is 2.50. The van der Waals surface area contributed by atoms with E-state index in [9.17, 15) is 9.59 Å². The van der Waals surface area contributed by atoms with Crippen molar-refractivity contribution in [2.45, 2.75) is 47.2 Å². The fourth-order valence-electron chi connectivity index (χ4n) is 1.93. The zero-order valence-corrected chi connectivity index (χ0v) is 13.9. The molecule has 0 radical (unpaired) electrons. The molecule has 1 unspecified atom stereocenters. The molecule has 0 spiro atoms. The predicted molar refractivity (Wildman–Crippen MR) is 84.7 cm³/mol. The normalized spacial score (nSPS) is 12.7. The number of benzene rings is 1. The van der Waals surface area contributed by atoms with Crippen molar-refractivity contribution in [1.29, 1.82) is 0 Å². The molecule has 4 heteroatoms. The second-order valence-corrected chi connectivity index (χ2v) is 6.57. The van der Waals surface area contributed by atoms with Gasteiger partial charge >= 0.3 is 0 Å². The maximum Gasteiger partial charge on any atom is 0.244 e. The maximum absolute atomic E-state index is 12.3. The number of likely N-dealkylation sites (N-methyl/N-ethyl adjacent to an activating group) is 1. The van der Waals surface area contributed by atoms with Crippen LogP contribution in [0, 0.1) is 12.3 Å². The van der Waals surface area contributed by atoms with Crippen LogP contribution < -0.4 is 5.32 Å². The maximum atomic E-state index is 12.3. The molecule has 0 aromatic heterocycles. The van der Waals surface area contributed by atoms with Gasteiger partial charge < -0.3 is 10.2 Å². The highest BCUT2D eigenvalue weighted by Crippen LogP contribution is 2.14. The van der Waals surface area contributed by atoms with Crippen molar-refractivity contribution in [3.8, 4) is 0 Å². The zero-order valence-electron chi connectivity index (χ0n) is 13.9. The summed E-state index contributed by atoms with van der Waals surface area (Å²) in [5.74, 6) is -0.205. The van der Waals surface area contributed by atoms with Crippen LogP contribution in [0.1, 0.15) is 38.8 Å². The van der Waals surface area contributed by atoms with Crippen LogP contribution in [0.15, 0.2) is 24.3 Å². The molecule has 1 aromatic rings. The van der Waals surface area contributed by atoms with Gasteiger partial charge in [-0.2, -0.15) is 0 Å². The van der Waals surface area contributed by atoms with Gasteiger partial charge in [-0.3, -0.25) is 9.59 Å². The molecule has 0 fully saturated rings. The minimum atomic E-state index is -0.522. The lowest BCUT2D eigenvalue weighted by Crippen LogP contribution is -2.48. The Bertz CT molecular complexity index is 518. The molecule has 0 saturated heterocycles. The Morgan fingerprint density at radius 3 is 2.33 bits per heavy atom. The van der Waals surface area contributed by atoms with Crippen LogP contribution in [0.25, 0.3) is 0 Å². The molecule has 2 amide bonds. The molecule has 0 bridgehead atoms. The van der Waals surface area contributed by atoms with Gasteiger partial charge in [0.05, 0.1) is 0 Å². The van der Waals surface area contributed by atoms with Crippen molar-refractivity contribution < 1.29 is 9.59 Å². The lowest BCUT2D eigenvalue weighted by molar-refractivity contribution is -0.137. The number of hydrogen-bond donors (Lipinski definition) is 1. The third kappa shape index (κ3) is 4.88. The van der Waals surface area contributed by atoms with Gasteiger partial charge in [-0.15, -0.1) is 0 Å². The van der Waals surface area contributed by atoms with E-state index >= 15 is 0 Å². The fourth-order valence-corrected chi connectivity index (χ4v) is 1.93. The van der Waals surface area contributed by atoms with Gasteiger partial charge in [0, 0.05) is 19.0 Å². The van der Waals surface area contributed by atoms with Crippen LogP contribution in [-0.4, -0.2) is 29.8 Å². The smallest absolute Gasteiger partial charge is 0.244 e. The average Bonchev–Trinajstić information content (AvgIpc) is 2.39. The summed E-state index contributed by atoms with van der Waals surface area (Å²) in [5.41, 5.74) is 1.77. The SMILES string of the molecule is Cc1ccccc1CN(C)C(=O)C(C)NC(=O)C(C)(C)C. The highest BCUT2D eigenvalue weighted by atomic mass is 16.2. The Balaban J connectivity index is 2.66. The summed E-state index contributed by atoms with van der Waals surface area (Å²) < 4.78 is 0. The second kappa shape index (κ2) is 6.74. The van der Waals surface area contributed by atoms with E-state index in [-0.39, 0.29) is 11.8 Å². The molecular weight excluding hydrogens is 264 g/mol. The Kier molecular flexibility index (Phi) is 5.53. The largest absolute Gasteiger partial charge is 0.344 e. The van der Waals surface area contributed by atoms with Crippen LogP contribution in [0.5, 0.6) is 0 Å². The topological polar surface area (TPSA) is 49.4 Å². The first-order chi connectivity index (χ1) is 9.62. The molecule has 1 aromatic carbocycles. The lowest BCUT2D eigenvalue weighted by Gasteiger charge is -2.25. The van der Waals surface area contributed by atoms with Gasteiger partial charge in [-0.05, 0) is 25.0 Å². The van der Waals surface area contributed by atoms with E-state index in [2.05, 4.69) is 5.32 Å². The molecule has 1 rings (SSSR count). The lowest BCUT2D eigenvalue weighted by atomic mass is 9.95. The summed E-state index contributed by atoms with van der Waals surface area (Å²) in [7, 11) is 1.76. The van der Waals surface area contributed by atoms with Crippen molar-refractivity contribution in [2.24, 2.45) is 5.41 Å². The Morgan fingerprint density at radius 1 is 1.24 bits per heavy atom. The van der Waals surface area contributed by atoms with E-state index in [1.54, 1.807) is 18.9 Å². The standard InChI is InChI=1S/C17H26N2O2/c1-12-9-7-8-10-14(12)11-19(6)15(20)13(2)18-16(21)17(3,4)5/h7-10,13H,11H2,1-6H3,(H,18,21). The molecule has 0 heterocycles. The number of aryl methyl sites for hydroxylation is 1. The number of carbonyl (C=O) groups excluding carboxylic acids is 2. The monoisotopic (exact) mass is 290 g/mol. The van der Waals surface area contributed by atoms with E-state index in [1.807, 2.05) is 52.0 Å². The number of nitrogens with one attached hydrogen (secondary N) is 1. The van der Waals surface area contributed by atoms with Crippen molar-refractivity contribution in [3.05, 3.63) is 35.4 Å². The van der Waals surface area contributed by atoms with E-state index in [0.717, 1.165) is 11.1 Å². The first-order valence-corrected chi connectivity index (χ1v) is 7.23. The van der Waals surface area contributed by atoms with Crippen LogP contribution in [0.4, 0.5) is 0 Å². The van der Waals surface area contributed by atoms with E-state index in [0.29, 0.717) is 6.54 Å². The second-order valence-electron chi connectivity index (χ2n) is 6.57. The number of rotatable bonds is 4. The van der Waals surface area contributed by atoms with Gasteiger partial charge in [0.25, 0.3) is 0 Å². The van der Waals surface area contributed by atoms with Crippen molar-refractivity contribution >= 4 is 11.8 Å². The molecule has 21 heavy (non-hydrogen) atoms. The van der Waals surface area contributed by atoms with Crippen LogP contribution >= 0.6 is 0 Å². The summed E-state index contributed by atoms with van der Waals surface area (Å²) in [6.07, 6.45) is 0. The molecule has 1 N–H and O–H groups in total. The Hall–Kier alpha value is -1.84. The molecule has 1 atom stereocenters. The van der Waals surface area contributed by atoms with Crippen molar-refractivity contribution in [3.63, 3.8) is 0 Å². The summed E-state index contributed by atoms with van der Waals surface area (Å²) in [6, 6.07) is 7.46. The van der Waals surface area contributed by atoms with Crippen molar-refractivity contribution in [1.82, 2.24) is 10.2 Å². The summed E-state index contributed by atoms with van der Waals surface area (Å²) in [6.45, 7) is 9.78. The van der Waals surface area contributed by atoms with E-state index in [1.165, 1.54) is 0 Å². The highest BCUT2D eigenvalue weighted by molar-refractivity contribution is 5.89. The average molecular weight is 290 g/mol. The minimum Gasteiger partial charge on any atom is -0.344 e. The summed E-state index contributed by atoms with van der Waals surface area (Å²) in [4.78, 5) is 25.9. The van der Waals surface area contributed by atoms with Gasteiger partial charge in [-0.1, -0.05) is 45.0 Å². The van der Waals surface area contributed by atoms with Crippen molar-refractivity contribution in [2.75, 3.05) is 7.05 Å². The third-order valence-corrected chi connectivity index (χ3v) is 3.44. The molecular formula is C17H26N2O2. The minimum absolute atomic E-state index is 0.0872. The fraction of sp³-hybridized carbons (Fsp3) is 0.529. The van der Waals surface area contributed by atoms with Crippen LogP contribution in [0.3, 0.4) is 0 Å². The molecule has 0 aliphatic heterocycles. The van der Waals surface area contributed by atoms with Crippen LogP contribution in [0.2, 0.25) is 0 Å². The first-order valence-electron chi connectivity index (χ1n) is 7.23. The summed E-state index contributed by atoms with van der Waals surface area (Å²) >= 11 is 0. The van der Waals surface area contributed by atoms with Gasteiger partial charge in [0.15, 0.2) is 0 Å². The first kappa shape index (κ1) is 17.2. The van der Waals surface area contributed by atoms with E-state index < -0.39 is 11.5 Å². The quantitative estimate of drug-likeness (QED) is 0.926. The Labute approximate surface area is 127 Å². The van der Waals surface area contributed by atoms with Crippen LogP contribution in [-0.2, 0) is 16.1 Å². The molecule has 0 saturated carbocycles. The number of carbonyl (C=O) groups is 2. The van der Waals surface area contributed by atoms with Gasteiger partial charge in [0.1, 0.15) is 6.04 Å². The van der Waals surface area contributed by atoms with E-state index in [4.69, 9.17) is 0 Å². The molecule has 0 aliphatic carbocycles. The van der Waals surface area contributed by atoms with Gasteiger partial charge in [-0.25, -0.2) is 0 Å².